The molecule has 2 rings (SSSR count). The van der Waals surface area contributed by atoms with Gasteiger partial charge in [-0.3, -0.25) is 0 Å². The second-order valence-corrected chi connectivity index (χ2v) is 3.70. The van der Waals surface area contributed by atoms with Crippen LogP contribution in [0.25, 0.3) is 10.9 Å². The fourth-order valence-electron chi connectivity index (χ4n) is 1.71. The third-order valence-corrected chi connectivity index (χ3v) is 2.62. The number of benzene rings is 1. The van der Waals surface area contributed by atoms with E-state index >= 15 is 0 Å². The maximum Gasteiger partial charge on any atom is 0.0483 e. The minimum Gasteiger partial charge on any atom is -0.347 e. The summed E-state index contributed by atoms with van der Waals surface area (Å²) in [4.78, 5) is 0. The Labute approximate surface area is 82.9 Å². The molecule has 2 aromatic rings. The van der Waals surface area contributed by atoms with Crippen LogP contribution in [0.5, 0.6) is 0 Å². The van der Waals surface area contributed by atoms with E-state index in [2.05, 4.69) is 30.7 Å². The highest BCUT2D eigenvalue weighted by atomic mass is 35.5. The molecule has 1 aromatic carbocycles. The summed E-state index contributed by atoms with van der Waals surface area (Å²) in [6, 6.07) is 6.04. The summed E-state index contributed by atoms with van der Waals surface area (Å²) in [5.74, 6) is 0. The molecule has 1 aromatic heterocycles. The van der Waals surface area contributed by atoms with Crippen molar-refractivity contribution in [1.29, 1.82) is 0 Å². The van der Waals surface area contributed by atoms with Gasteiger partial charge in [0.25, 0.3) is 0 Å². The summed E-state index contributed by atoms with van der Waals surface area (Å²) in [6.45, 7) is 5.27. The molecule has 0 radical (unpaired) electrons. The van der Waals surface area contributed by atoms with E-state index in [1.54, 1.807) is 0 Å². The Hall–Kier alpha value is -0.950. The normalized spacial score (nSPS) is 11.0. The summed E-state index contributed by atoms with van der Waals surface area (Å²) < 4.78 is 2.24. The number of halogens is 1. The van der Waals surface area contributed by atoms with Gasteiger partial charge in [0.2, 0.25) is 0 Å². The first-order chi connectivity index (χ1) is 6.22. The zero-order chi connectivity index (χ0) is 9.42. The topological polar surface area (TPSA) is 4.93 Å². The Morgan fingerprint density at radius 3 is 2.85 bits per heavy atom. The number of aryl methyl sites for hydroxylation is 2. The Morgan fingerprint density at radius 1 is 1.38 bits per heavy atom. The first kappa shape index (κ1) is 8.64. The van der Waals surface area contributed by atoms with Crippen LogP contribution < -0.4 is 0 Å². The number of hydrogen-bond donors (Lipinski definition) is 0. The smallest absolute Gasteiger partial charge is 0.0483 e. The van der Waals surface area contributed by atoms with E-state index in [-0.39, 0.29) is 0 Å². The van der Waals surface area contributed by atoms with Crippen LogP contribution in [0.1, 0.15) is 12.5 Å². The average molecular weight is 194 g/mol. The molecule has 0 aliphatic rings. The molecule has 1 nitrogen and oxygen atoms in total. The largest absolute Gasteiger partial charge is 0.347 e. The van der Waals surface area contributed by atoms with Crippen molar-refractivity contribution in [2.24, 2.45) is 0 Å². The van der Waals surface area contributed by atoms with Crippen molar-refractivity contribution in [2.45, 2.75) is 20.4 Å². The first-order valence-corrected chi connectivity index (χ1v) is 4.85. The highest BCUT2D eigenvalue weighted by Gasteiger charge is 2.03. The lowest BCUT2D eigenvalue weighted by Gasteiger charge is -1.99. The minimum absolute atomic E-state index is 0.810. The zero-order valence-electron chi connectivity index (χ0n) is 7.84. The van der Waals surface area contributed by atoms with Crippen LogP contribution in [0, 0.1) is 6.92 Å². The number of nitrogens with zero attached hydrogens (tertiary/aromatic N) is 1. The van der Waals surface area contributed by atoms with Gasteiger partial charge in [0, 0.05) is 28.7 Å². The lowest BCUT2D eigenvalue weighted by atomic mass is 10.2. The second-order valence-electron chi connectivity index (χ2n) is 3.26. The van der Waals surface area contributed by atoms with E-state index in [4.69, 9.17) is 11.6 Å². The maximum atomic E-state index is 5.93. The molecule has 0 unspecified atom stereocenters. The van der Waals surface area contributed by atoms with Crippen LogP contribution in [0.15, 0.2) is 24.4 Å². The Kier molecular flexibility index (Phi) is 2.04. The summed E-state index contributed by atoms with van der Waals surface area (Å²) >= 11 is 5.93. The molecule has 0 saturated carbocycles. The number of aromatic nitrogens is 1. The van der Waals surface area contributed by atoms with Crippen LogP contribution in [0.2, 0.25) is 5.02 Å². The Bertz CT molecular complexity index is 443. The van der Waals surface area contributed by atoms with E-state index in [1.165, 1.54) is 16.5 Å². The Balaban J connectivity index is 2.80. The summed E-state index contributed by atoms with van der Waals surface area (Å²) in [7, 11) is 0. The van der Waals surface area contributed by atoms with Gasteiger partial charge < -0.3 is 4.57 Å². The molecule has 0 bridgehead atoms. The standard InChI is InChI=1S/C11H12ClN/c1-3-13-7-8(2)10-6-9(12)4-5-11(10)13/h4-7H,3H2,1-2H3. The van der Waals surface area contributed by atoms with Gasteiger partial charge >= 0.3 is 0 Å². The molecule has 0 atom stereocenters. The van der Waals surface area contributed by atoms with Gasteiger partial charge in [-0.2, -0.15) is 0 Å². The molecule has 1 heterocycles. The van der Waals surface area contributed by atoms with Gasteiger partial charge in [0.15, 0.2) is 0 Å². The quantitative estimate of drug-likeness (QED) is 0.652. The van der Waals surface area contributed by atoms with E-state index in [0.717, 1.165) is 11.6 Å². The maximum absolute atomic E-state index is 5.93. The van der Waals surface area contributed by atoms with E-state index in [0.29, 0.717) is 0 Å². The van der Waals surface area contributed by atoms with Crippen molar-refractivity contribution in [1.82, 2.24) is 4.57 Å². The molecule has 0 saturated heterocycles. The predicted octanol–water partition coefficient (Wildman–Crippen LogP) is 3.62. The van der Waals surface area contributed by atoms with Gasteiger partial charge in [0.1, 0.15) is 0 Å². The highest BCUT2D eigenvalue weighted by Crippen LogP contribution is 2.24. The van der Waals surface area contributed by atoms with Crippen molar-refractivity contribution in [2.75, 3.05) is 0 Å². The highest BCUT2D eigenvalue weighted by molar-refractivity contribution is 6.31. The predicted molar refractivity (Wildman–Crippen MR) is 57.4 cm³/mol. The summed E-state index contributed by atoms with van der Waals surface area (Å²) in [5.41, 5.74) is 2.56. The molecule has 0 fully saturated rings. The molecule has 13 heavy (non-hydrogen) atoms. The minimum atomic E-state index is 0.810. The third-order valence-electron chi connectivity index (χ3n) is 2.38. The molecule has 2 heteroatoms. The molecule has 0 N–H and O–H groups in total. The molecular formula is C11H12ClN. The van der Waals surface area contributed by atoms with Crippen LogP contribution >= 0.6 is 11.6 Å². The third kappa shape index (κ3) is 1.33. The summed E-state index contributed by atoms with van der Waals surface area (Å²) in [6.07, 6.45) is 2.17. The molecule has 0 aliphatic heterocycles. The average Bonchev–Trinajstić information content (AvgIpc) is 2.43. The van der Waals surface area contributed by atoms with Crippen LogP contribution in [0.4, 0.5) is 0 Å². The fraction of sp³-hybridized carbons (Fsp3) is 0.273. The molecule has 68 valence electrons. The molecule has 0 amide bonds. The van der Waals surface area contributed by atoms with E-state index < -0.39 is 0 Å². The van der Waals surface area contributed by atoms with Crippen molar-refractivity contribution >= 4 is 22.5 Å². The van der Waals surface area contributed by atoms with Gasteiger partial charge in [0.05, 0.1) is 0 Å². The SMILES string of the molecule is CCn1cc(C)c2cc(Cl)ccc21. The van der Waals surface area contributed by atoms with Gasteiger partial charge in [-0.15, -0.1) is 0 Å². The fourth-order valence-corrected chi connectivity index (χ4v) is 1.88. The van der Waals surface area contributed by atoms with Gasteiger partial charge in [-0.05, 0) is 37.6 Å². The number of fused-ring (bicyclic) bond motifs is 1. The van der Waals surface area contributed by atoms with E-state index in [1.807, 2.05) is 12.1 Å². The molecule has 0 aliphatic carbocycles. The second kappa shape index (κ2) is 3.08. The number of hydrogen-bond acceptors (Lipinski definition) is 0. The molecular weight excluding hydrogens is 182 g/mol. The number of rotatable bonds is 1. The first-order valence-electron chi connectivity index (χ1n) is 4.47. The van der Waals surface area contributed by atoms with Crippen molar-refractivity contribution in [3.05, 3.63) is 35.0 Å². The zero-order valence-corrected chi connectivity index (χ0v) is 8.60. The lowest BCUT2D eigenvalue weighted by molar-refractivity contribution is 0.795. The van der Waals surface area contributed by atoms with Crippen LogP contribution in [-0.2, 0) is 6.54 Å². The lowest BCUT2D eigenvalue weighted by Crippen LogP contribution is -1.89. The van der Waals surface area contributed by atoms with Gasteiger partial charge in [-0.1, -0.05) is 11.6 Å². The van der Waals surface area contributed by atoms with E-state index in [9.17, 15) is 0 Å². The van der Waals surface area contributed by atoms with Gasteiger partial charge in [-0.25, -0.2) is 0 Å². The van der Waals surface area contributed by atoms with Crippen molar-refractivity contribution < 1.29 is 0 Å². The van der Waals surface area contributed by atoms with Crippen molar-refractivity contribution in [3.8, 4) is 0 Å². The Morgan fingerprint density at radius 2 is 2.15 bits per heavy atom. The molecule has 0 spiro atoms. The monoisotopic (exact) mass is 193 g/mol. The summed E-state index contributed by atoms with van der Waals surface area (Å²) in [5, 5.41) is 2.07. The van der Waals surface area contributed by atoms with Crippen LogP contribution in [0.3, 0.4) is 0 Å². The van der Waals surface area contributed by atoms with Crippen molar-refractivity contribution in [3.63, 3.8) is 0 Å². The van der Waals surface area contributed by atoms with Crippen LogP contribution in [-0.4, -0.2) is 4.57 Å².